The number of nitrogens with one attached hydrogen (secondary N) is 1. The number of sulfone groups is 1. The summed E-state index contributed by atoms with van der Waals surface area (Å²) < 4.78 is 36.3. The monoisotopic (exact) mass is 371 g/mol. The van der Waals surface area contributed by atoms with E-state index in [1.807, 2.05) is 0 Å². The Morgan fingerprint density at radius 1 is 0.962 bits per heavy atom. The van der Waals surface area contributed by atoms with Crippen LogP contribution in [0.2, 0.25) is 0 Å². The Labute approximate surface area is 151 Å². The fraction of sp³-hybridized carbons (Fsp3) is 0.105. The van der Waals surface area contributed by atoms with Gasteiger partial charge in [0.15, 0.2) is 9.84 Å². The van der Waals surface area contributed by atoms with E-state index in [9.17, 15) is 13.2 Å². The molecule has 6 nitrogen and oxygen atoms in total. The molecule has 1 amide bonds. The average molecular weight is 371 g/mol. The van der Waals surface area contributed by atoms with Gasteiger partial charge in [-0.15, -0.1) is 0 Å². The second kappa shape index (κ2) is 7.88. The normalized spacial score (nSPS) is 12.3. The molecule has 1 heterocycles. The van der Waals surface area contributed by atoms with Gasteiger partial charge in [0.1, 0.15) is 16.8 Å². The molecule has 0 aliphatic heterocycles. The number of furan rings is 1. The van der Waals surface area contributed by atoms with Gasteiger partial charge >= 0.3 is 6.09 Å². The first-order chi connectivity index (χ1) is 12.6. The minimum atomic E-state index is -3.76. The van der Waals surface area contributed by atoms with Crippen molar-refractivity contribution in [3.63, 3.8) is 0 Å². The topological polar surface area (TPSA) is 85.6 Å². The van der Waals surface area contributed by atoms with Gasteiger partial charge in [-0.2, -0.15) is 0 Å². The number of ether oxygens (including phenoxy) is 1. The molecule has 1 atom stereocenters. The van der Waals surface area contributed by atoms with Crippen LogP contribution in [0.1, 0.15) is 11.0 Å². The van der Waals surface area contributed by atoms with Crippen molar-refractivity contribution in [2.45, 2.75) is 10.1 Å². The van der Waals surface area contributed by atoms with Crippen molar-refractivity contribution in [3.8, 4) is 5.75 Å². The molecule has 0 spiro atoms. The molecule has 3 rings (SSSR count). The molecule has 26 heavy (non-hydrogen) atoms. The molecule has 7 heteroatoms. The standard InChI is InChI=1S/C19H17NO5S/c21-19(25-15-8-3-1-4-9-15)20-14-18(17-12-7-13-24-17)26(22,23)16-10-5-2-6-11-16/h1-13,18H,14H2,(H,20,21). The van der Waals surface area contributed by atoms with E-state index in [-0.39, 0.29) is 17.2 Å². The van der Waals surface area contributed by atoms with Gasteiger partial charge < -0.3 is 14.5 Å². The maximum atomic E-state index is 12.9. The van der Waals surface area contributed by atoms with Crippen LogP contribution in [-0.2, 0) is 9.84 Å². The highest BCUT2D eigenvalue weighted by atomic mass is 32.2. The number of carbonyl (C=O) groups is 1. The van der Waals surface area contributed by atoms with E-state index in [0.29, 0.717) is 5.75 Å². The molecule has 1 unspecified atom stereocenters. The first-order valence-corrected chi connectivity index (χ1v) is 9.45. The Kier molecular flexibility index (Phi) is 5.38. The lowest BCUT2D eigenvalue weighted by Crippen LogP contribution is -2.33. The fourth-order valence-corrected chi connectivity index (χ4v) is 4.03. The van der Waals surface area contributed by atoms with Crippen molar-refractivity contribution in [1.29, 1.82) is 0 Å². The van der Waals surface area contributed by atoms with Gasteiger partial charge in [0, 0.05) is 6.54 Å². The smallest absolute Gasteiger partial charge is 0.412 e. The van der Waals surface area contributed by atoms with Crippen LogP contribution >= 0.6 is 0 Å². The predicted molar refractivity (Wildman–Crippen MR) is 95.5 cm³/mol. The van der Waals surface area contributed by atoms with Crippen molar-refractivity contribution < 1.29 is 22.4 Å². The van der Waals surface area contributed by atoms with E-state index in [1.54, 1.807) is 60.7 Å². The molecule has 0 radical (unpaired) electrons. The Balaban J connectivity index is 1.77. The highest BCUT2D eigenvalue weighted by molar-refractivity contribution is 7.91. The SMILES string of the molecule is O=C(NCC(c1ccco1)S(=O)(=O)c1ccccc1)Oc1ccccc1. The first kappa shape index (κ1) is 17.8. The van der Waals surface area contributed by atoms with Crippen LogP contribution in [0.4, 0.5) is 4.79 Å². The highest BCUT2D eigenvalue weighted by Gasteiger charge is 2.31. The van der Waals surface area contributed by atoms with Crippen LogP contribution < -0.4 is 10.1 Å². The molecule has 134 valence electrons. The molecule has 3 aromatic rings. The van der Waals surface area contributed by atoms with Gasteiger partial charge in [-0.05, 0) is 36.4 Å². The van der Waals surface area contributed by atoms with E-state index < -0.39 is 21.2 Å². The van der Waals surface area contributed by atoms with Gasteiger partial charge in [0.2, 0.25) is 0 Å². The zero-order valence-electron chi connectivity index (χ0n) is 13.7. The molecule has 0 aliphatic carbocycles. The predicted octanol–water partition coefficient (Wildman–Crippen LogP) is 3.58. The van der Waals surface area contributed by atoms with E-state index in [0.717, 1.165) is 0 Å². The summed E-state index contributed by atoms with van der Waals surface area (Å²) >= 11 is 0. The van der Waals surface area contributed by atoms with Crippen molar-refractivity contribution in [2.75, 3.05) is 6.54 Å². The van der Waals surface area contributed by atoms with E-state index in [1.165, 1.54) is 18.4 Å². The zero-order valence-corrected chi connectivity index (χ0v) is 14.6. The van der Waals surface area contributed by atoms with Gasteiger partial charge in [-0.3, -0.25) is 0 Å². The maximum absolute atomic E-state index is 12.9. The number of hydrogen-bond donors (Lipinski definition) is 1. The summed E-state index contributed by atoms with van der Waals surface area (Å²) in [7, 11) is -3.76. The van der Waals surface area contributed by atoms with Crippen LogP contribution in [0.5, 0.6) is 5.75 Å². The third-order valence-corrected chi connectivity index (χ3v) is 5.77. The summed E-state index contributed by atoms with van der Waals surface area (Å²) in [6.45, 7) is -0.184. The van der Waals surface area contributed by atoms with Crippen LogP contribution in [0.25, 0.3) is 0 Å². The van der Waals surface area contributed by atoms with Crippen molar-refractivity contribution in [2.24, 2.45) is 0 Å². The molecule has 1 N–H and O–H groups in total. The fourth-order valence-electron chi connectivity index (χ4n) is 2.42. The van der Waals surface area contributed by atoms with Crippen LogP contribution in [-0.4, -0.2) is 21.1 Å². The Bertz CT molecular complexity index is 938. The third kappa shape index (κ3) is 4.12. The van der Waals surface area contributed by atoms with Crippen molar-refractivity contribution in [1.82, 2.24) is 5.32 Å². The molecule has 0 saturated carbocycles. The molecular weight excluding hydrogens is 354 g/mol. The largest absolute Gasteiger partial charge is 0.468 e. The Morgan fingerprint density at radius 3 is 2.23 bits per heavy atom. The molecule has 0 fully saturated rings. The first-order valence-electron chi connectivity index (χ1n) is 7.90. The average Bonchev–Trinajstić information content (AvgIpc) is 3.17. The lowest BCUT2D eigenvalue weighted by atomic mass is 10.3. The molecule has 2 aromatic carbocycles. The molecular formula is C19H17NO5S. The van der Waals surface area contributed by atoms with Gasteiger partial charge in [0.05, 0.1) is 11.2 Å². The second-order valence-corrected chi connectivity index (χ2v) is 7.58. The van der Waals surface area contributed by atoms with Crippen molar-refractivity contribution in [3.05, 3.63) is 84.8 Å². The number of amides is 1. The maximum Gasteiger partial charge on any atom is 0.412 e. The highest BCUT2D eigenvalue weighted by Crippen LogP contribution is 2.28. The van der Waals surface area contributed by atoms with Crippen LogP contribution in [0.15, 0.2) is 88.4 Å². The lowest BCUT2D eigenvalue weighted by Gasteiger charge is -2.16. The Morgan fingerprint density at radius 2 is 1.62 bits per heavy atom. The number of rotatable bonds is 6. The second-order valence-electron chi connectivity index (χ2n) is 5.45. The molecule has 1 aromatic heterocycles. The van der Waals surface area contributed by atoms with Crippen molar-refractivity contribution >= 4 is 15.9 Å². The summed E-state index contributed by atoms with van der Waals surface area (Å²) in [6.07, 6.45) is 0.654. The van der Waals surface area contributed by atoms with Crippen LogP contribution in [0, 0.1) is 0 Å². The summed E-state index contributed by atoms with van der Waals surface area (Å²) in [5.41, 5.74) is 0. The van der Waals surface area contributed by atoms with Gasteiger partial charge in [0.25, 0.3) is 0 Å². The lowest BCUT2D eigenvalue weighted by molar-refractivity contribution is 0.200. The molecule has 0 bridgehead atoms. The van der Waals surface area contributed by atoms with Gasteiger partial charge in [-0.25, -0.2) is 13.2 Å². The number of hydrogen-bond acceptors (Lipinski definition) is 5. The summed E-state index contributed by atoms with van der Waals surface area (Å²) in [4.78, 5) is 12.1. The Hall–Kier alpha value is -3.06. The molecule has 0 aliphatic rings. The molecule has 0 saturated heterocycles. The summed E-state index contributed by atoms with van der Waals surface area (Å²) in [5.74, 6) is 0.610. The van der Waals surface area contributed by atoms with E-state index >= 15 is 0 Å². The summed E-state index contributed by atoms with van der Waals surface area (Å²) in [6, 6.07) is 19.7. The summed E-state index contributed by atoms with van der Waals surface area (Å²) in [5, 5.41) is 1.43. The van der Waals surface area contributed by atoms with E-state index in [4.69, 9.17) is 9.15 Å². The number of para-hydroxylation sites is 1. The van der Waals surface area contributed by atoms with Gasteiger partial charge in [-0.1, -0.05) is 36.4 Å². The number of benzene rings is 2. The minimum absolute atomic E-state index is 0.152. The number of carbonyl (C=O) groups excluding carboxylic acids is 1. The third-order valence-electron chi connectivity index (χ3n) is 3.69. The zero-order chi connectivity index (χ0) is 18.4. The quantitative estimate of drug-likeness (QED) is 0.716. The minimum Gasteiger partial charge on any atom is -0.468 e. The van der Waals surface area contributed by atoms with Crippen LogP contribution in [0.3, 0.4) is 0 Å². The van der Waals surface area contributed by atoms with E-state index in [2.05, 4.69) is 5.32 Å².